The Morgan fingerprint density at radius 3 is 2.74 bits per heavy atom. The minimum atomic E-state index is 0.140. The first-order valence-electron chi connectivity index (χ1n) is 9.47. The third-order valence-corrected chi connectivity index (χ3v) is 6.12. The Balaban J connectivity index is 1.52. The first-order valence-corrected chi connectivity index (χ1v) is 10.5. The second-order valence-corrected chi connectivity index (χ2v) is 7.97. The summed E-state index contributed by atoms with van der Waals surface area (Å²) in [5.41, 5.74) is 3.94. The van der Waals surface area contributed by atoms with Gasteiger partial charge in [0.2, 0.25) is 0 Å². The summed E-state index contributed by atoms with van der Waals surface area (Å²) in [6.45, 7) is 5.02. The van der Waals surface area contributed by atoms with E-state index < -0.39 is 0 Å². The van der Waals surface area contributed by atoms with E-state index in [9.17, 15) is 4.79 Å². The highest BCUT2D eigenvalue weighted by atomic mass is 32.2. The van der Waals surface area contributed by atoms with Crippen molar-refractivity contribution in [1.29, 1.82) is 0 Å². The van der Waals surface area contributed by atoms with Gasteiger partial charge in [-0.15, -0.1) is 10.2 Å². The van der Waals surface area contributed by atoms with E-state index in [1.165, 1.54) is 24.6 Å². The molecule has 27 heavy (non-hydrogen) atoms. The first-order chi connectivity index (χ1) is 13.1. The molecule has 0 aliphatic carbocycles. The van der Waals surface area contributed by atoms with E-state index >= 15 is 0 Å². The molecule has 0 atom stereocenters. The van der Waals surface area contributed by atoms with Gasteiger partial charge in [-0.3, -0.25) is 4.79 Å². The van der Waals surface area contributed by atoms with Crippen molar-refractivity contribution in [2.75, 3.05) is 5.75 Å². The van der Waals surface area contributed by atoms with Crippen molar-refractivity contribution in [3.8, 4) is 5.69 Å². The number of ketones is 1. The normalized spacial score (nSPS) is 14.0. The van der Waals surface area contributed by atoms with E-state index in [4.69, 9.17) is 0 Å². The number of hydrogen-bond donors (Lipinski definition) is 0. The number of Topliss-reactive ketones (excluding diaryl/α,β-unsaturated/α-hetero) is 1. The highest BCUT2D eigenvalue weighted by molar-refractivity contribution is 7.99. The number of aromatic nitrogens is 4. The van der Waals surface area contributed by atoms with Crippen LogP contribution < -0.4 is 0 Å². The lowest BCUT2D eigenvalue weighted by atomic mass is 10.2. The van der Waals surface area contributed by atoms with Gasteiger partial charge < -0.3 is 9.13 Å². The van der Waals surface area contributed by atoms with Crippen LogP contribution in [0.15, 0.2) is 41.6 Å². The minimum absolute atomic E-state index is 0.140. The van der Waals surface area contributed by atoms with Crippen LogP contribution in [-0.2, 0) is 13.0 Å². The second kappa shape index (κ2) is 7.72. The number of thioether (sulfide) groups is 1. The van der Waals surface area contributed by atoms with Gasteiger partial charge in [-0.2, -0.15) is 0 Å². The molecule has 0 radical (unpaired) electrons. The number of aryl methyl sites for hydroxylation is 2. The number of carbonyl (C=O) groups is 1. The fourth-order valence-corrected chi connectivity index (χ4v) is 4.66. The van der Waals surface area contributed by atoms with Crippen LogP contribution in [0.2, 0.25) is 0 Å². The molecule has 0 fully saturated rings. The van der Waals surface area contributed by atoms with Crippen molar-refractivity contribution in [3.05, 3.63) is 59.2 Å². The van der Waals surface area contributed by atoms with Crippen molar-refractivity contribution in [1.82, 2.24) is 19.3 Å². The molecule has 0 unspecified atom stereocenters. The van der Waals surface area contributed by atoms with Crippen LogP contribution in [-0.4, -0.2) is 30.9 Å². The number of para-hydroxylation sites is 1. The van der Waals surface area contributed by atoms with Gasteiger partial charge in [-0.25, -0.2) is 0 Å². The van der Waals surface area contributed by atoms with Gasteiger partial charge in [0.05, 0.1) is 5.75 Å². The molecule has 3 aromatic rings. The maximum absolute atomic E-state index is 12.9. The largest absolute Gasteiger partial charge is 0.318 e. The molecule has 0 bridgehead atoms. The zero-order valence-electron chi connectivity index (χ0n) is 15.8. The maximum Gasteiger partial charge on any atom is 0.191 e. The molecule has 0 spiro atoms. The molecule has 1 aliphatic heterocycles. The molecule has 2 aromatic heterocycles. The lowest BCUT2D eigenvalue weighted by Crippen LogP contribution is -2.07. The first kappa shape index (κ1) is 18.0. The van der Waals surface area contributed by atoms with Crippen molar-refractivity contribution in [2.24, 2.45) is 0 Å². The molecule has 6 heteroatoms. The number of rotatable bonds is 5. The predicted octanol–water partition coefficient (Wildman–Crippen LogP) is 4.39. The number of nitrogens with zero attached hydrogens (tertiary/aromatic N) is 4. The summed E-state index contributed by atoms with van der Waals surface area (Å²) in [5, 5.41) is 9.51. The average Bonchev–Trinajstić information content (AvgIpc) is 3.10. The topological polar surface area (TPSA) is 52.7 Å². The van der Waals surface area contributed by atoms with Gasteiger partial charge in [-0.1, -0.05) is 36.4 Å². The molecule has 0 amide bonds. The Kier molecular flexibility index (Phi) is 5.16. The van der Waals surface area contributed by atoms with E-state index in [1.54, 1.807) is 0 Å². The van der Waals surface area contributed by atoms with Gasteiger partial charge in [0, 0.05) is 35.6 Å². The Bertz CT molecular complexity index is 958. The van der Waals surface area contributed by atoms with Crippen molar-refractivity contribution in [3.63, 3.8) is 0 Å². The summed E-state index contributed by atoms with van der Waals surface area (Å²) in [7, 11) is 0. The smallest absolute Gasteiger partial charge is 0.191 e. The number of hydrogen-bond acceptors (Lipinski definition) is 4. The van der Waals surface area contributed by atoms with Gasteiger partial charge >= 0.3 is 0 Å². The highest BCUT2D eigenvalue weighted by Crippen LogP contribution is 2.25. The van der Waals surface area contributed by atoms with Crippen molar-refractivity contribution < 1.29 is 4.79 Å². The lowest BCUT2D eigenvalue weighted by molar-refractivity contribution is 0.102. The second-order valence-electron chi connectivity index (χ2n) is 7.03. The SMILES string of the molecule is Cc1cc(C(=O)CSc2nnc3n2CCCCC3)c(C)n1-c1ccccc1. The zero-order chi connectivity index (χ0) is 18.8. The lowest BCUT2D eigenvalue weighted by Gasteiger charge is -2.09. The molecule has 0 saturated heterocycles. The Morgan fingerprint density at radius 1 is 1.11 bits per heavy atom. The van der Waals surface area contributed by atoms with Crippen LogP contribution in [0.3, 0.4) is 0 Å². The molecule has 5 nitrogen and oxygen atoms in total. The van der Waals surface area contributed by atoms with E-state index in [1.807, 2.05) is 38.1 Å². The molecule has 3 heterocycles. The molecule has 0 saturated carbocycles. The highest BCUT2D eigenvalue weighted by Gasteiger charge is 2.19. The fraction of sp³-hybridized carbons (Fsp3) is 0.381. The molecule has 1 aliphatic rings. The van der Waals surface area contributed by atoms with Gasteiger partial charge in [0.25, 0.3) is 0 Å². The third kappa shape index (κ3) is 3.58. The summed E-state index contributed by atoms with van der Waals surface area (Å²) >= 11 is 1.50. The summed E-state index contributed by atoms with van der Waals surface area (Å²) in [4.78, 5) is 12.9. The Hall–Kier alpha value is -2.34. The molecule has 4 rings (SSSR count). The monoisotopic (exact) mass is 380 g/mol. The molecular weight excluding hydrogens is 356 g/mol. The van der Waals surface area contributed by atoms with E-state index in [0.29, 0.717) is 5.75 Å². The third-order valence-electron chi connectivity index (χ3n) is 5.15. The van der Waals surface area contributed by atoms with Crippen LogP contribution in [0.25, 0.3) is 5.69 Å². The fourth-order valence-electron chi connectivity index (χ4n) is 3.79. The average molecular weight is 381 g/mol. The number of carbonyl (C=O) groups excluding carboxylic acids is 1. The summed E-state index contributed by atoms with van der Waals surface area (Å²) < 4.78 is 4.33. The molecule has 1 aromatic carbocycles. The van der Waals surface area contributed by atoms with Crippen molar-refractivity contribution in [2.45, 2.75) is 51.2 Å². The predicted molar refractivity (Wildman–Crippen MR) is 108 cm³/mol. The van der Waals surface area contributed by atoms with Crippen LogP contribution in [0.4, 0.5) is 0 Å². The number of fused-ring (bicyclic) bond motifs is 1. The molecular formula is C21H24N4OS. The quantitative estimate of drug-likeness (QED) is 0.487. The van der Waals surface area contributed by atoms with E-state index in [-0.39, 0.29) is 5.78 Å². The Labute approximate surface area is 163 Å². The Morgan fingerprint density at radius 2 is 1.93 bits per heavy atom. The van der Waals surface area contributed by atoms with Crippen molar-refractivity contribution >= 4 is 17.5 Å². The summed E-state index contributed by atoms with van der Waals surface area (Å²) in [5.74, 6) is 1.59. The van der Waals surface area contributed by atoms with Gasteiger partial charge in [0.15, 0.2) is 10.9 Å². The minimum Gasteiger partial charge on any atom is -0.318 e. The molecule has 140 valence electrons. The molecule has 0 N–H and O–H groups in total. The van der Waals surface area contributed by atoms with E-state index in [2.05, 4.69) is 31.5 Å². The van der Waals surface area contributed by atoms with E-state index in [0.717, 1.165) is 53.0 Å². The standard InChI is InChI=1S/C21H24N4OS/c1-15-13-18(16(2)25(15)17-9-5-3-6-10-17)19(26)14-27-21-23-22-20-11-7-4-8-12-24(20)21/h3,5-6,9-10,13H,4,7-8,11-12,14H2,1-2H3. The van der Waals surface area contributed by atoms with Crippen LogP contribution in [0, 0.1) is 13.8 Å². The van der Waals surface area contributed by atoms with Crippen LogP contribution in [0.5, 0.6) is 0 Å². The summed E-state index contributed by atoms with van der Waals surface area (Å²) in [6.07, 6.45) is 4.55. The maximum atomic E-state index is 12.9. The van der Waals surface area contributed by atoms with Crippen LogP contribution >= 0.6 is 11.8 Å². The number of benzene rings is 1. The summed E-state index contributed by atoms with van der Waals surface area (Å²) in [6, 6.07) is 12.2. The van der Waals surface area contributed by atoms with Crippen LogP contribution in [0.1, 0.15) is 46.8 Å². The zero-order valence-corrected chi connectivity index (χ0v) is 16.6. The van der Waals surface area contributed by atoms with Gasteiger partial charge in [-0.05, 0) is 44.9 Å². The van der Waals surface area contributed by atoms with Gasteiger partial charge in [0.1, 0.15) is 5.82 Å².